The third kappa shape index (κ3) is 50.4. The smallest absolute Gasteiger partial charge is 0.480 e. The molecule has 0 aromatic rings. The third-order valence-electron chi connectivity index (χ3n) is 22.1. The molecular formula is C94H157N9O25P2. The number of nitrogens with two attached hydrogens (primary N) is 2. The van der Waals surface area contributed by atoms with Gasteiger partial charge >= 0.3 is 21.6 Å². The van der Waals surface area contributed by atoms with Crippen LogP contribution in [0, 0.1) is 0 Å². The molecule has 2 saturated heterocycles. The minimum absolute atomic E-state index is 0.0421. The van der Waals surface area contributed by atoms with Crippen LogP contribution in [0.1, 0.15) is 285 Å². The van der Waals surface area contributed by atoms with E-state index >= 15 is 0 Å². The van der Waals surface area contributed by atoms with Crippen molar-refractivity contribution in [2.24, 2.45) is 11.5 Å². The van der Waals surface area contributed by atoms with Crippen LogP contribution in [0.3, 0.4) is 0 Å². The molecule has 2 rings (SSSR count). The molecule has 2 aliphatic rings. The van der Waals surface area contributed by atoms with Gasteiger partial charge in [-0.3, -0.25) is 52.2 Å². The Balaban J connectivity index is 2.08. The molecular weight excluding hydrogens is 1720 g/mol. The lowest BCUT2D eigenvalue weighted by Crippen LogP contribution is -2.70. The van der Waals surface area contributed by atoms with Gasteiger partial charge in [0.25, 0.3) is 0 Å². The summed E-state index contributed by atoms with van der Waals surface area (Å²) in [6.07, 6.45) is 27.5. The lowest BCUT2D eigenvalue weighted by Gasteiger charge is -2.49. The second-order valence-electron chi connectivity index (χ2n) is 34.8. The lowest BCUT2D eigenvalue weighted by molar-refractivity contribution is -0.331. The molecule has 36 heteroatoms. The van der Waals surface area contributed by atoms with E-state index in [1.807, 2.05) is 6.92 Å². The van der Waals surface area contributed by atoms with E-state index in [2.05, 4.69) is 172 Å². The molecule has 738 valence electrons. The molecule has 18 N–H and O–H groups in total. The number of phosphoric ester groups is 2. The number of carboxylic acids is 1. The maximum atomic E-state index is 14.2. The van der Waals surface area contributed by atoms with Crippen molar-refractivity contribution in [1.29, 1.82) is 0 Å². The highest BCUT2D eigenvalue weighted by Crippen LogP contribution is 2.61. The Bertz CT molecular complexity index is 4070. The fraction of sp³-hybridized carbons (Fsp3) is 0.670. The highest BCUT2D eigenvalue weighted by atomic mass is 31.3. The monoisotopic (exact) mass is 1870 g/mol. The summed E-state index contributed by atoms with van der Waals surface area (Å²) in [6, 6.07) is -10.6. The zero-order valence-electron chi connectivity index (χ0n) is 80.1. The largest absolute Gasteiger partial charge is 0.483 e. The zero-order chi connectivity index (χ0) is 98.0. The predicted molar refractivity (Wildman–Crippen MR) is 501 cm³/mol. The van der Waals surface area contributed by atoms with Crippen LogP contribution in [0.25, 0.3) is 0 Å². The second kappa shape index (κ2) is 63.5. The fourth-order valence-electron chi connectivity index (χ4n) is 14.1. The number of hydrogen-bond acceptors (Lipinski definition) is 23. The van der Waals surface area contributed by atoms with Gasteiger partial charge < -0.3 is 103 Å². The number of nitrogens with one attached hydrogen (secondary N) is 7. The van der Waals surface area contributed by atoms with Gasteiger partial charge in [-0.25, -0.2) is 9.13 Å². The number of primary amides is 1. The normalized spacial score (nSPS) is 22.4. The standard InChI is InChI=1S/C94H157N9O25P2/c1-59(2)31-21-32-60(3)33-22-34-61(4)35-23-36-62(5)37-24-38-63(6)39-25-40-64(7)41-26-42-65(8)43-27-44-66(9)45-28-46-67(10)47-29-48-68(11)49-30-50-69(12)54-56-122-129(118,119)128-130(120,121)127-94-82(101-75(18)107)86(85(79(58-105)125-94)126-93-81(100-74(17)106)84(110)83(109)78(57-104)124-93)123-73(16)90(114)97-71(14)89(113)103-76(87(96)111)52-53-80(108)102-77(51-19-20-55-95)91(115)98-70(13)88(112)99-72(15)92(116)117/h31,33,35,37,39,41,43,45,47,49,54,70-73,76-79,81-86,93-94,104-105,109-110H,19-30,32,34,36,38,40,42,44,46,48,50-53,55-58,95H2,1-18H3,(H2,96,111)(H,97,114)(H,98,115)(H,99,112)(H,100,106)(H,101,107)(H,102,108)(H,103,113)(H,116,117)(H,118,119)(H,120,121)/b60-33+,61-35+,62-37+,63-39-,64-41-,65-43-,66-45-,67-47-,68-49-,69-54-/t70-,71+,72-,73-,76-,77+,78-,79-,81-,82-,83-,84-,85-,86-,93+,94-/m1/s1. The number of carbonyl (C=O) groups excluding carboxylic acids is 8. The Morgan fingerprint density at radius 1 is 0.423 bits per heavy atom. The molecule has 34 nitrogen and oxygen atoms in total. The first-order chi connectivity index (χ1) is 61.1. The molecule has 18 atom stereocenters. The summed E-state index contributed by atoms with van der Waals surface area (Å²) in [5.74, 6) is -8.88. The summed E-state index contributed by atoms with van der Waals surface area (Å²) < 4.78 is 66.4. The van der Waals surface area contributed by atoms with Crippen LogP contribution in [0.5, 0.6) is 0 Å². The van der Waals surface area contributed by atoms with Gasteiger partial charge in [-0.05, 0) is 271 Å². The molecule has 2 aliphatic heterocycles. The van der Waals surface area contributed by atoms with E-state index in [9.17, 15) is 87.6 Å². The van der Waals surface area contributed by atoms with Gasteiger partial charge in [0.1, 0.15) is 85.0 Å². The van der Waals surface area contributed by atoms with E-state index in [1.54, 1.807) is 6.92 Å². The molecule has 0 aromatic heterocycles. The topological polar surface area (TPSA) is 530 Å². The number of aliphatic carboxylic acids is 1. The molecule has 0 saturated carbocycles. The van der Waals surface area contributed by atoms with E-state index < -0.39 is 199 Å². The summed E-state index contributed by atoms with van der Waals surface area (Å²) in [5.41, 5.74) is 26.0. The predicted octanol–water partition coefficient (Wildman–Crippen LogP) is 11.8. The molecule has 0 spiro atoms. The average Bonchev–Trinajstić information content (AvgIpc) is 0.764. The Hall–Kier alpha value is -7.73. The molecule has 2 fully saturated rings. The number of carboxylic acid groups (broad SMARTS) is 1. The zero-order valence-corrected chi connectivity index (χ0v) is 81.9. The average molecular weight is 1880 g/mol. The number of unbranched alkanes of at least 4 members (excludes halogenated alkanes) is 1. The quantitative estimate of drug-likeness (QED) is 0.0153. The van der Waals surface area contributed by atoms with Crippen molar-refractivity contribution < 1.29 is 120 Å². The SMILES string of the molecule is CC(=O)N[C@H]1[C@H](O[C@H]2[C@H](O[C@H](C)C(=O)N[C@@H](C)C(=O)N[C@H](CCC(=O)N[C@@H](CCCCN)C(=O)N[C@H](C)C(=O)N[C@H](C)C(=O)O)C(N)=O)[C@@H](NC(C)=O)[C@@H](OP(=O)(O)OP(=O)(O)OC/C=C(/C)CC/C=C(/C)CC/C=C(/C)CC/C=C(/C)CC/C=C(/C)CC/C=C(/C)CC/C=C(/C)CC/C=C(\C)CC/C=C(\C)CC/C=C(\C)CCC=C(C)C)O[C@@H]2CO)O[C@H](CO)[C@@H](O)[C@@H]1O. The van der Waals surface area contributed by atoms with Crippen molar-refractivity contribution >= 4 is 68.9 Å². The minimum atomic E-state index is -5.94. The van der Waals surface area contributed by atoms with Gasteiger partial charge in [-0.15, -0.1) is 0 Å². The molecule has 0 radical (unpaired) electrons. The number of amides is 8. The van der Waals surface area contributed by atoms with Crippen molar-refractivity contribution in [3.8, 4) is 0 Å². The van der Waals surface area contributed by atoms with Crippen LogP contribution < -0.4 is 48.7 Å². The number of aliphatic hydroxyl groups is 4. The number of ether oxygens (including phenoxy) is 4. The fourth-order valence-corrected chi connectivity index (χ4v) is 16.2. The summed E-state index contributed by atoms with van der Waals surface area (Å²) >= 11 is 0. The molecule has 0 aliphatic carbocycles. The molecule has 0 bridgehead atoms. The van der Waals surface area contributed by atoms with Crippen molar-refractivity contribution in [1.82, 2.24) is 37.2 Å². The Morgan fingerprint density at radius 2 is 0.800 bits per heavy atom. The van der Waals surface area contributed by atoms with Gasteiger partial charge in [0, 0.05) is 20.3 Å². The summed E-state index contributed by atoms with van der Waals surface area (Å²) in [5, 5.41) is 68.8. The Labute approximate surface area is 771 Å². The molecule has 2 heterocycles. The van der Waals surface area contributed by atoms with E-state index in [-0.39, 0.29) is 13.0 Å². The van der Waals surface area contributed by atoms with E-state index in [4.69, 9.17) is 39.5 Å². The van der Waals surface area contributed by atoms with Crippen LogP contribution in [-0.2, 0) is 84.6 Å². The summed E-state index contributed by atoms with van der Waals surface area (Å²) in [6.45, 7) is 30.3. The van der Waals surface area contributed by atoms with E-state index in [0.29, 0.717) is 25.7 Å². The van der Waals surface area contributed by atoms with Crippen LogP contribution in [0.4, 0.5) is 0 Å². The van der Waals surface area contributed by atoms with Gasteiger partial charge in [0.2, 0.25) is 47.3 Å². The first kappa shape index (κ1) is 118. The molecule has 0 aromatic carbocycles. The first-order valence-corrected chi connectivity index (χ1v) is 48.5. The summed E-state index contributed by atoms with van der Waals surface area (Å²) in [4.78, 5) is 139. The first-order valence-electron chi connectivity index (χ1n) is 45.5. The highest BCUT2D eigenvalue weighted by molar-refractivity contribution is 7.61. The number of carbonyl (C=O) groups is 9. The van der Waals surface area contributed by atoms with Crippen molar-refractivity contribution in [3.05, 3.63) is 128 Å². The van der Waals surface area contributed by atoms with E-state index in [0.717, 1.165) is 149 Å². The van der Waals surface area contributed by atoms with Gasteiger partial charge in [0.15, 0.2) is 12.6 Å². The van der Waals surface area contributed by atoms with Crippen LogP contribution in [0.2, 0.25) is 0 Å². The molecule has 2 unspecified atom stereocenters. The second-order valence-corrected chi connectivity index (χ2v) is 37.8. The van der Waals surface area contributed by atoms with Crippen LogP contribution in [-0.4, -0.2) is 213 Å². The van der Waals surface area contributed by atoms with Crippen molar-refractivity contribution in [3.63, 3.8) is 0 Å². The number of allylic oxidation sites excluding steroid dienone is 21. The van der Waals surface area contributed by atoms with E-state index in [1.165, 1.54) is 75.7 Å². The highest BCUT2D eigenvalue weighted by Gasteiger charge is 2.55. The number of phosphoric acid groups is 2. The number of hydrogen-bond donors (Lipinski definition) is 16. The maximum absolute atomic E-state index is 14.2. The van der Waals surface area contributed by atoms with Crippen LogP contribution >= 0.6 is 15.6 Å². The van der Waals surface area contributed by atoms with Crippen molar-refractivity contribution in [2.45, 2.75) is 383 Å². The van der Waals surface area contributed by atoms with Gasteiger partial charge in [-0.1, -0.05) is 128 Å². The van der Waals surface area contributed by atoms with Crippen LogP contribution in [0.15, 0.2) is 128 Å². The molecule has 8 amide bonds. The maximum Gasteiger partial charge on any atom is 0.483 e. The minimum Gasteiger partial charge on any atom is -0.480 e. The molecule has 130 heavy (non-hydrogen) atoms. The van der Waals surface area contributed by atoms with Crippen molar-refractivity contribution in [2.75, 3.05) is 26.4 Å². The number of aliphatic hydroxyl groups excluding tert-OH is 4. The third-order valence-corrected chi connectivity index (χ3v) is 24.7. The Morgan fingerprint density at radius 3 is 1.18 bits per heavy atom. The summed E-state index contributed by atoms with van der Waals surface area (Å²) in [7, 11) is -11.5. The van der Waals surface area contributed by atoms with Gasteiger partial charge in [-0.2, -0.15) is 4.31 Å². The Kier molecular flexibility index (Phi) is 57.8. The lowest BCUT2D eigenvalue weighted by atomic mass is 9.94. The van der Waals surface area contributed by atoms with Gasteiger partial charge in [0.05, 0.1) is 19.8 Å². The number of rotatable bonds is 63.